The fourth-order valence-electron chi connectivity index (χ4n) is 4.75. The van der Waals surface area contributed by atoms with Gasteiger partial charge in [0.2, 0.25) is 5.91 Å². The number of likely N-dealkylation sites (tertiary alicyclic amines) is 1. The van der Waals surface area contributed by atoms with E-state index in [1.165, 1.54) is 12.7 Å². The van der Waals surface area contributed by atoms with Gasteiger partial charge in [-0.1, -0.05) is 66.7 Å². The summed E-state index contributed by atoms with van der Waals surface area (Å²) in [4.78, 5) is 28.2. The van der Waals surface area contributed by atoms with Crippen LogP contribution in [0.5, 0.6) is 0 Å². The van der Waals surface area contributed by atoms with Gasteiger partial charge in [0.05, 0.1) is 19.4 Å². The summed E-state index contributed by atoms with van der Waals surface area (Å²) in [6.45, 7) is 0.686. The number of carbonyl (C=O) groups is 2. The molecule has 0 bridgehead atoms. The van der Waals surface area contributed by atoms with Crippen molar-refractivity contribution >= 4 is 41.9 Å². The lowest BCUT2D eigenvalue weighted by Gasteiger charge is -2.24. The zero-order valence-corrected chi connectivity index (χ0v) is 23.1. The Morgan fingerprint density at radius 3 is 2.26 bits per heavy atom. The van der Waals surface area contributed by atoms with Gasteiger partial charge in [-0.25, -0.2) is 0 Å². The molecule has 200 valence electrons. The number of nitrogens with zero attached hydrogens (tertiary/aromatic N) is 1. The molecule has 0 unspecified atom stereocenters. The molecular formula is C30H34ClN3O3S. The van der Waals surface area contributed by atoms with Crippen LogP contribution in [-0.2, 0) is 20.7 Å². The Bertz CT molecular complexity index is 1220. The van der Waals surface area contributed by atoms with Crippen LogP contribution in [0, 0.1) is 11.3 Å². The number of benzene rings is 3. The van der Waals surface area contributed by atoms with Crippen molar-refractivity contribution < 1.29 is 14.3 Å². The average molecular weight is 552 g/mol. The van der Waals surface area contributed by atoms with Gasteiger partial charge in [-0.2, -0.15) is 0 Å². The van der Waals surface area contributed by atoms with Gasteiger partial charge >= 0.3 is 5.97 Å². The Morgan fingerprint density at radius 1 is 1.03 bits per heavy atom. The fraction of sp³-hybridized carbons (Fsp3) is 0.300. The molecule has 1 fully saturated rings. The number of hydrogen-bond acceptors (Lipinski definition) is 5. The maximum absolute atomic E-state index is 13.2. The van der Waals surface area contributed by atoms with Crippen molar-refractivity contribution in [1.29, 1.82) is 5.41 Å². The van der Waals surface area contributed by atoms with Crippen LogP contribution in [-0.4, -0.2) is 48.1 Å². The average Bonchev–Trinajstić information content (AvgIpc) is 3.22. The van der Waals surface area contributed by atoms with Gasteiger partial charge in [0.15, 0.2) is 0 Å². The lowest BCUT2D eigenvalue weighted by atomic mass is 10.0. The molecule has 0 saturated carbocycles. The van der Waals surface area contributed by atoms with Crippen molar-refractivity contribution in [3.05, 3.63) is 90.0 Å². The zero-order valence-electron chi connectivity index (χ0n) is 21.5. The molecule has 3 aromatic rings. The van der Waals surface area contributed by atoms with Crippen LogP contribution in [0.15, 0.2) is 83.8 Å². The monoisotopic (exact) mass is 551 g/mol. The number of halogens is 1. The maximum Gasteiger partial charge on any atom is 0.306 e. The van der Waals surface area contributed by atoms with E-state index in [2.05, 4.69) is 36.4 Å². The van der Waals surface area contributed by atoms with Crippen molar-refractivity contribution in [1.82, 2.24) is 4.90 Å². The number of esters is 1. The molecule has 0 radical (unpaired) electrons. The molecule has 3 N–H and O–H groups in total. The van der Waals surface area contributed by atoms with Crippen LogP contribution >= 0.6 is 24.2 Å². The van der Waals surface area contributed by atoms with Crippen molar-refractivity contribution in [3.8, 4) is 11.1 Å². The number of nitrogen functional groups attached to an aromatic ring is 1. The first kappa shape index (κ1) is 29.3. The van der Waals surface area contributed by atoms with Crippen LogP contribution < -0.4 is 5.73 Å². The van der Waals surface area contributed by atoms with Gasteiger partial charge in [0.1, 0.15) is 5.84 Å². The van der Waals surface area contributed by atoms with Crippen molar-refractivity contribution in [2.45, 2.75) is 36.6 Å². The number of aryl methyl sites for hydroxylation is 1. The number of amidine groups is 1. The summed E-state index contributed by atoms with van der Waals surface area (Å²) in [6, 6.07) is 26.4. The van der Waals surface area contributed by atoms with Crippen LogP contribution in [0.3, 0.4) is 0 Å². The Balaban J connectivity index is 0.00000400. The van der Waals surface area contributed by atoms with Gasteiger partial charge in [-0.05, 0) is 48.1 Å². The molecule has 8 heteroatoms. The Labute approximate surface area is 234 Å². The van der Waals surface area contributed by atoms with Crippen LogP contribution in [0.4, 0.5) is 0 Å². The minimum Gasteiger partial charge on any atom is -0.469 e. The molecule has 0 spiro atoms. The predicted molar refractivity (Wildman–Crippen MR) is 156 cm³/mol. The Kier molecular flexibility index (Phi) is 10.8. The molecule has 3 aromatic carbocycles. The number of amides is 1. The van der Waals surface area contributed by atoms with E-state index < -0.39 is 0 Å². The highest BCUT2D eigenvalue weighted by Crippen LogP contribution is 2.33. The fourth-order valence-corrected chi connectivity index (χ4v) is 5.78. The molecule has 1 amide bonds. The number of thioether (sulfide) groups is 1. The van der Waals surface area contributed by atoms with Crippen molar-refractivity contribution in [2.24, 2.45) is 11.7 Å². The number of hydrogen-bond donors (Lipinski definition) is 2. The van der Waals surface area contributed by atoms with E-state index >= 15 is 0 Å². The number of nitrogens with two attached hydrogens (primary N) is 1. The summed E-state index contributed by atoms with van der Waals surface area (Å²) < 4.78 is 4.83. The van der Waals surface area contributed by atoms with Crippen LogP contribution in [0.1, 0.15) is 30.4 Å². The number of nitrogens with one attached hydrogen (secondary N) is 1. The third-order valence-corrected chi connectivity index (χ3v) is 7.96. The number of carbonyl (C=O) groups excluding carboxylic acids is 2. The minimum absolute atomic E-state index is 0. The topological polar surface area (TPSA) is 96.5 Å². The lowest BCUT2D eigenvalue weighted by Crippen LogP contribution is -2.36. The number of ether oxygens (including phenoxy) is 1. The summed E-state index contributed by atoms with van der Waals surface area (Å²) >= 11 is 1.74. The van der Waals surface area contributed by atoms with E-state index in [0.717, 1.165) is 34.6 Å². The summed E-state index contributed by atoms with van der Waals surface area (Å²) in [7, 11) is 1.37. The van der Waals surface area contributed by atoms with E-state index in [-0.39, 0.29) is 48.5 Å². The van der Waals surface area contributed by atoms with Gasteiger partial charge in [-0.3, -0.25) is 15.0 Å². The number of methoxy groups -OCH3 is 1. The van der Waals surface area contributed by atoms with Gasteiger partial charge in [0.25, 0.3) is 0 Å². The Hall–Kier alpha value is -3.29. The maximum atomic E-state index is 13.2. The standard InChI is InChI=1S/C30H33N3O3S.ClH/c1-36-28(34)19-25-18-26(33(30(25)35)17-5-8-21-6-3-2-4-7-21)20-37-27-15-13-23(14-16-27)22-9-11-24(12-10-22)29(31)32;/h2-4,6-7,9-16,25-26H,5,8,17-20H2,1H3,(H3,31,32);1H/t25-,26-;/m0./s1. The molecule has 1 saturated heterocycles. The van der Waals surface area contributed by atoms with Gasteiger partial charge in [0, 0.05) is 28.8 Å². The highest BCUT2D eigenvalue weighted by atomic mass is 35.5. The van der Waals surface area contributed by atoms with E-state index in [4.69, 9.17) is 15.9 Å². The normalized spacial score (nSPS) is 16.7. The van der Waals surface area contributed by atoms with Crippen LogP contribution in [0.25, 0.3) is 11.1 Å². The summed E-state index contributed by atoms with van der Waals surface area (Å²) in [5, 5.41) is 7.54. The largest absolute Gasteiger partial charge is 0.469 e. The molecule has 1 heterocycles. The third-order valence-electron chi connectivity index (χ3n) is 6.80. The first-order valence-electron chi connectivity index (χ1n) is 12.5. The molecule has 38 heavy (non-hydrogen) atoms. The second-order valence-electron chi connectivity index (χ2n) is 9.31. The Morgan fingerprint density at radius 2 is 1.66 bits per heavy atom. The first-order valence-corrected chi connectivity index (χ1v) is 13.5. The first-order chi connectivity index (χ1) is 17.9. The SMILES string of the molecule is COC(=O)C[C@@H]1C[C@@H](CSc2ccc(-c3ccc(C(=N)N)cc3)cc2)N(CCCc2ccccc2)C1=O.Cl. The third kappa shape index (κ3) is 7.62. The van der Waals surface area contributed by atoms with E-state index in [1.54, 1.807) is 11.8 Å². The second kappa shape index (κ2) is 14.0. The van der Waals surface area contributed by atoms with E-state index in [9.17, 15) is 9.59 Å². The van der Waals surface area contributed by atoms with E-state index in [1.807, 2.05) is 47.4 Å². The molecule has 4 rings (SSSR count). The van der Waals surface area contributed by atoms with Crippen LogP contribution in [0.2, 0.25) is 0 Å². The summed E-state index contributed by atoms with van der Waals surface area (Å²) in [6.07, 6.45) is 2.62. The summed E-state index contributed by atoms with van der Waals surface area (Å²) in [5.41, 5.74) is 9.69. The quantitative estimate of drug-likeness (QED) is 0.141. The molecule has 1 aliphatic heterocycles. The second-order valence-corrected chi connectivity index (χ2v) is 10.4. The summed E-state index contributed by atoms with van der Waals surface area (Å²) in [5.74, 6) is 0.263. The highest BCUT2D eigenvalue weighted by Gasteiger charge is 2.40. The molecule has 2 atom stereocenters. The van der Waals surface area contributed by atoms with Gasteiger partial charge < -0.3 is 15.4 Å². The van der Waals surface area contributed by atoms with E-state index in [0.29, 0.717) is 18.5 Å². The van der Waals surface area contributed by atoms with Gasteiger partial charge in [-0.15, -0.1) is 24.2 Å². The molecule has 0 aromatic heterocycles. The number of rotatable bonds is 11. The highest BCUT2D eigenvalue weighted by molar-refractivity contribution is 7.99. The minimum atomic E-state index is -0.331. The van der Waals surface area contributed by atoms with Crippen molar-refractivity contribution in [3.63, 3.8) is 0 Å². The molecular weight excluding hydrogens is 518 g/mol. The zero-order chi connectivity index (χ0) is 26.2. The smallest absolute Gasteiger partial charge is 0.306 e. The molecule has 0 aliphatic carbocycles. The lowest BCUT2D eigenvalue weighted by molar-refractivity contribution is -0.144. The molecule has 1 aliphatic rings. The molecule has 6 nitrogen and oxygen atoms in total. The predicted octanol–water partition coefficient (Wildman–Crippen LogP) is 5.56. The van der Waals surface area contributed by atoms with Crippen molar-refractivity contribution in [2.75, 3.05) is 19.4 Å².